The quantitative estimate of drug-likeness (QED) is 0.368. The van der Waals surface area contributed by atoms with E-state index in [2.05, 4.69) is 16.0 Å². The van der Waals surface area contributed by atoms with Crippen LogP contribution in [0.15, 0.2) is 72.1 Å². The van der Waals surface area contributed by atoms with Crippen LogP contribution in [0.4, 0.5) is 11.4 Å². The van der Waals surface area contributed by atoms with E-state index in [1.165, 1.54) is 23.2 Å². The van der Waals surface area contributed by atoms with E-state index in [9.17, 15) is 19.2 Å². The summed E-state index contributed by atoms with van der Waals surface area (Å²) >= 11 is 1.27. The number of hydrogen-bond donors (Lipinski definition) is 3. The van der Waals surface area contributed by atoms with Gasteiger partial charge in [-0.25, -0.2) is 0 Å². The second-order valence-electron chi connectivity index (χ2n) is 8.85. The van der Waals surface area contributed by atoms with E-state index in [1.54, 1.807) is 66.0 Å². The van der Waals surface area contributed by atoms with Gasteiger partial charge in [-0.15, -0.1) is 11.3 Å². The third-order valence-corrected chi connectivity index (χ3v) is 6.90. The normalized spacial score (nSPS) is 15.3. The van der Waals surface area contributed by atoms with Crippen LogP contribution in [0.25, 0.3) is 0 Å². The molecule has 1 saturated heterocycles. The molecule has 9 nitrogen and oxygen atoms in total. The fourth-order valence-corrected chi connectivity index (χ4v) is 4.89. The Labute approximate surface area is 225 Å². The molecule has 0 unspecified atom stereocenters. The SMILES string of the molecule is CC(=O)Nc1ccc(N(C(=O)CNC(=O)c2cccs2)[C@@H](C(=O)NC[C@@H]2CCCO2)c2ccccc2)cc1. The fourth-order valence-electron chi connectivity index (χ4n) is 4.25. The summed E-state index contributed by atoms with van der Waals surface area (Å²) in [5, 5.41) is 10.1. The van der Waals surface area contributed by atoms with Crippen LogP contribution in [-0.2, 0) is 19.1 Å². The Morgan fingerprint density at radius 1 is 1.00 bits per heavy atom. The van der Waals surface area contributed by atoms with E-state index in [4.69, 9.17) is 4.74 Å². The van der Waals surface area contributed by atoms with Gasteiger partial charge in [-0.1, -0.05) is 36.4 Å². The molecule has 2 atom stereocenters. The van der Waals surface area contributed by atoms with E-state index in [0.717, 1.165) is 12.8 Å². The van der Waals surface area contributed by atoms with Gasteiger partial charge in [0.05, 0.1) is 17.5 Å². The molecule has 2 heterocycles. The Morgan fingerprint density at radius 3 is 2.39 bits per heavy atom. The fraction of sp³-hybridized carbons (Fsp3) is 0.286. The lowest BCUT2D eigenvalue weighted by Gasteiger charge is -2.32. The van der Waals surface area contributed by atoms with Crippen molar-refractivity contribution in [3.63, 3.8) is 0 Å². The summed E-state index contributed by atoms with van der Waals surface area (Å²) in [4.78, 5) is 53.2. The number of thiophene rings is 1. The van der Waals surface area contributed by atoms with Crippen molar-refractivity contribution in [3.8, 4) is 0 Å². The van der Waals surface area contributed by atoms with Crippen molar-refractivity contribution >= 4 is 46.3 Å². The molecular weight excluding hydrogens is 504 g/mol. The highest BCUT2D eigenvalue weighted by atomic mass is 32.1. The molecule has 4 rings (SSSR count). The van der Waals surface area contributed by atoms with Crippen molar-refractivity contribution in [3.05, 3.63) is 82.6 Å². The summed E-state index contributed by atoms with van der Waals surface area (Å²) in [5.74, 6) is -1.43. The number of ether oxygens (including phenoxy) is 1. The molecule has 2 aromatic carbocycles. The Bertz CT molecular complexity index is 1240. The van der Waals surface area contributed by atoms with Crippen LogP contribution in [-0.4, -0.2) is 49.4 Å². The number of carbonyl (C=O) groups is 4. The van der Waals surface area contributed by atoms with Crippen molar-refractivity contribution < 1.29 is 23.9 Å². The van der Waals surface area contributed by atoms with Crippen LogP contribution in [0.1, 0.15) is 41.0 Å². The predicted molar refractivity (Wildman–Crippen MR) is 146 cm³/mol. The molecule has 3 aromatic rings. The van der Waals surface area contributed by atoms with Gasteiger partial charge in [0.1, 0.15) is 6.04 Å². The largest absolute Gasteiger partial charge is 0.376 e. The van der Waals surface area contributed by atoms with Crippen molar-refractivity contribution in [2.75, 3.05) is 29.9 Å². The van der Waals surface area contributed by atoms with Crippen molar-refractivity contribution in [1.29, 1.82) is 0 Å². The number of carbonyl (C=O) groups excluding carboxylic acids is 4. The minimum atomic E-state index is -1.00. The van der Waals surface area contributed by atoms with Gasteiger partial charge in [-0.3, -0.25) is 24.1 Å². The molecule has 198 valence electrons. The molecule has 0 bridgehead atoms. The van der Waals surface area contributed by atoms with Gasteiger partial charge in [0, 0.05) is 31.5 Å². The zero-order valence-corrected chi connectivity index (χ0v) is 21.8. The first kappa shape index (κ1) is 27.0. The molecular formula is C28H30N4O5S. The van der Waals surface area contributed by atoms with Gasteiger partial charge in [-0.2, -0.15) is 0 Å². The average Bonchev–Trinajstić information content (AvgIpc) is 3.64. The molecule has 10 heteroatoms. The minimum absolute atomic E-state index is 0.0680. The third-order valence-electron chi connectivity index (χ3n) is 6.03. The minimum Gasteiger partial charge on any atom is -0.376 e. The first-order valence-electron chi connectivity index (χ1n) is 12.4. The standard InChI is InChI=1S/C28H30N4O5S/c1-19(33)31-21-11-13-22(14-12-21)32(25(34)18-30-27(35)24-10-6-16-38-24)26(20-7-3-2-4-8-20)28(36)29-17-23-9-5-15-37-23/h2-4,6-8,10-14,16,23,26H,5,9,15,17-18H2,1H3,(H,29,36)(H,30,35)(H,31,33)/t23-,26+/m0/s1. The van der Waals surface area contributed by atoms with Gasteiger partial charge >= 0.3 is 0 Å². The van der Waals surface area contributed by atoms with E-state index in [-0.39, 0.29) is 30.4 Å². The molecule has 1 aliphatic heterocycles. The molecule has 0 radical (unpaired) electrons. The van der Waals surface area contributed by atoms with Crippen LogP contribution >= 0.6 is 11.3 Å². The molecule has 4 amide bonds. The molecule has 0 saturated carbocycles. The van der Waals surface area contributed by atoms with Gasteiger partial charge in [0.25, 0.3) is 5.91 Å². The van der Waals surface area contributed by atoms with Crippen LogP contribution in [0.3, 0.4) is 0 Å². The lowest BCUT2D eigenvalue weighted by molar-refractivity contribution is -0.126. The topological polar surface area (TPSA) is 117 Å². The van der Waals surface area contributed by atoms with Crippen molar-refractivity contribution in [2.45, 2.75) is 31.9 Å². The molecule has 1 aliphatic rings. The van der Waals surface area contributed by atoms with Gasteiger partial charge in [0.15, 0.2) is 0 Å². The first-order chi connectivity index (χ1) is 18.4. The molecule has 3 N–H and O–H groups in total. The van der Waals surface area contributed by atoms with Crippen LogP contribution in [0, 0.1) is 0 Å². The number of amides is 4. The van der Waals surface area contributed by atoms with Gasteiger partial charge in [-0.05, 0) is 54.1 Å². The monoisotopic (exact) mass is 534 g/mol. The number of anilines is 2. The number of benzene rings is 2. The Morgan fingerprint density at radius 2 is 1.76 bits per heavy atom. The maximum absolute atomic E-state index is 13.7. The first-order valence-corrected chi connectivity index (χ1v) is 13.3. The average molecular weight is 535 g/mol. The molecule has 1 fully saturated rings. The number of rotatable bonds is 10. The second-order valence-corrected chi connectivity index (χ2v) is 9.79. The highest BCUT2D eigenvalue weighted by molar-refractivity contribution is 7.12. The highest BCUT2D eigenvalue weighted by Gasteiger charge is 2.33. The molecule has 0 aliphatic carbocycles. The van der Waals surface area contributed by atoms with E-state index in [1.807, 2.05) is 6.07 Å². The smallest absolute Gasteiger partial charge is 0.261 e. The summed E-state index contributed by atoms with van der Waals surface area (Å²) in [7, 11) is 0. The zero-order chi connectivity index (χ0) is 26.9. The lowest BCUT2D eigenvalue weighted by atomic mass is 10.0. The summed E-state index contributed by atoms with van der Waals surface area (Å²) < 4.78 is 5.65. The number of nitrogens with zero attached hydrogens (tertiary/aromatic N) is 1. The maximum Gasteiger partial charge on any atom is 0.261 e. The summed E-state index contributed by atoms with van der Waals surface area (Å²) in [5.41, 5.74) is 1.61. The summed E-state index contributed by atoms with van der Waals surface area (Å²) in [6, 6.07) is 18.1. The second kappa shape index (κ2) is 13.0. The van der Waals surface area contributed by atoms with Gasteiger partial charge in [0.2, 0.25) is 17.7 Å². The molecule has 1 aromatic heterocycles. The Balaban J connectivity index is 1.64. The number of nitrogens with one attached hydrogen (secondary N) is 3. The molecule has 38 heavy (non-hydrogen) atoms. The maximum atomic E-state index is 13.7. The van der Waals surface area contributed by atoms with Gasteiger partial charge < -0.3 is 20.7 Å². The highest BCUT2D eigenvalue weighted by Crippen LogP contribution is 2.29. The number of hydrogen-bond acceptors (Lipinski definition) is 6. The van der Waals surface area contributed by atoms with Crippen molar-refractivity contribution in [1.82, 2.24) is 10.6 Å². The summed E-state index contributed by atoms with van der Waals surface area (Å²) in [6.07, 6.45) is 1.73. The summed E-state index contributed by atoms with van der Waals surface area (Å²) in [6.45, 7) is 2.09. The van der Waals surface area contributed by atoms with Crippen LogP contribution < -0.4 is 20.9 Å². The third kappa shape index (κ3) is 7.05. The van der Waals surface area contributed by atoms with E-state index < -0.39 is 11.9 Å². The Hall–Kier alpha value is -4.02. The predicted octanol–water partition coefficient (Wildman–Crippen LogP) is 3.51. The van der Waals surface area contributed by atoms with Crippen LogP contribution in [0.2, 0.25) is 0 Å². The van der Waals surface area contributed by atoms with E-state index >= 15 is 0 Å². The lowest BCUT2D eigenvalue weighted by Crippen LogP contribution is -2.48. The molecule has 0 spiro atoms. The van der Waals surface area contributed by atoms with E-state index in [0.29, 0.717) is 35.0 Å². The van der Waals surface area contributed by atoms with Crippen LogP contribution in [0.5, 0.6) is 0 Å². The van der Waals surface area contributed by atoms with Crippen molar-refractivity contribution in [2.24, 2.45) is 0 Å². The Kier molecular flexibility index (Phi) is 9.23. The zero-order valence-electron chi connectivity index (χ0n) is 21.0.